The highest BCUT2D eigenvalue weighted by Crippen LogP contribution is 2.28. The molecule has 1 aromatic heterocycles. The van der Waals surface area contributed by atoms with E-state index in [1.54, 1.807) is 18.2 Å². The summed E-state index contributed by atoms with van der Waals surface area (Å²) in [5.74, 6) is -0.000640. The lowest BCUT2D eigenvalue weighted by Crippen LogP contribution is -2.28. The number of carbonyl (C=O) groups excluding carboxylic acids is 1. The molecule has 0 atom stereocenters. The predicted molar refractivity (Wildman–Crippen MR) is 105 cm³/mol. The van der Waals surface area contributed by atoms with Gasteiger partial charge in [-0.15, -0.1) is 11.8 Å². The molecule has 0 saturated carbocycles. The molecule has 0 aliphatic heterocycles. The highest BCUT2D eigenvalue weighted by molar-refractivity contribution is 7.98. The van der Waals surface area contributed by atoms with Crippen LogP contribution in [0.25, 0.3) is 0 Å². The maximum Gasteiger partial charge on any atom is 0.326 e. The Hall–Kier alpha value is -2.08. The number of rotatable bonds is 5. The molecular weight excluding hydrogens is 365 g/mol. The maximum atomic E-state index is 13.1. The zero-order valence-corrected chi connectivity index (χ0v) is 16.7. The Balaban J connectivity index is 1.87. The van der Waals surface area contributed by atoms with Crippen LogP contribution < -0.4 is 5.43 Å². The van der Waals surface area contributed by atoms with E-state index in [1.165, 1.54) is 23.9 Å². The number of ether oxygens (including phenoxy) is 1. The third-order valence-electron chi connectivity index (χ3n) is 4.34. The minimum Gasteiger partial charge on any atom is -0.459 e. The number of fused-ring (bicyclic) bond motifs is 1. The van der Waals surface area contributed by atoms with Crippen molar-refractivity contribution in [2.75, 3.05) is 0 Å². The number of benzene rings is 1. The van der Waals surface area contributed by atoms with E-state index in [-0.39, 0.29) is 23.8 Å². The van der Waals surface area contributed by atoms with Crippen LogP contribution in [-0.2, 0) is 34.7 Å². The summed E-state index contributed by atoms with van der Waals surface area (Å²) >= 11 is 1.48. The molecule has 4 nitrogen and oxygen atoms in total. The Morgan fingerprint density at radius 1 is 1.22 bits per heavy atom. The van der Waals surface area contributed by atoms with Crippen LogP contribution in [0.4, 0.5) is 4.39 Å². The number of hydrogen-bond acceptors (Lipinski definition) is 4. The summed E-state index contributed by atoms with van der Waals surface area (Å²) in [7, 11) is 0. The van der Waals surface area contributed by atoms with E-state index >= 15 is 0 Å². The quantitative estimate of drug-likeness (QED) is 0.570. The molecule has 0 N–H and O–H groups in total. The molecule has 2 aromatic rings. The minimum absolute atomic E-state index is 0.0320. The van der Waals surface area contributed by atoms with Gasteiger partial charge >= 0.3 is 5.97 Å². The molecule has 27 heavy (non-hydrogen) atoms. The van der Waals surface area contributed by atoms with E-state index in [2.05, 4.69) is 0 Å². The van der Waals surface area contributed by atoms with E-state index in [1.807, 2.05) is 25.3 Å². The standard InChI is InChI=1S/C21H24FNO3S/c1-21(2,3)26-20(25)12-23-17-6-4-5-16(17)18(24)11-19(23)27-13-14-7-9-15(22)10-8-14/h7-11H,4-6,12-13H2,1-3H3. The Morgan fingerprint density at radius 2 is 1.93 bits per heavy atom. The van der Waals surface area contributed by atoms with E-state index < -0.39 is 5.60 Å². The Morgan fingerprint density at radius 3 is 2.59 bits per heavy atom. The van der Waals surface area contributed by atoms with Gasteiger partial charge in [0.05, 0.1) is 5.03 Å². The van der Waals surface area contributed by atoms with Gasteiger partial charge in [0.1, 0.15) is 18.0 Å². The lowest BCUT2D eigenvalue weighted by atomic mass is 10.2. The summed E-state index contributed by atoms with van der Waals surface area (Å²) in [6.07, 6.45) is 2.47. The molecule has 1 aromatic carbocycles. The van der Waals surface area contributed by atoms with Gasteiger partial charge in [-0.1, -0.05) is 12.1 Å². The lowest BCUT2D eigenvalue weighted by molar-refractivity contribution is -0.155. The van der Waals surface area contributed by atoms with Crippen molar-refractivity contribution in [2.24, 2.45) is 0 Å². The van der Waals surface area contributed by atoms with Gasteiger partial charge in [0, 0.05) is 23.1 Å². The molecule has 0 saturated heterocycles. The molecule has 6 heteroatoms. The van der Waals surface area contributed by atoms with Crippen LogP contribution in [0.15, 0.2) is 40.2 Å². The summed E-state index contributed by atoms with van der Waals surface area (Å²) in [5, 5.41) is 0.746. The predicted octanol–water partition coefficient (Wildman–Crippen LogP) is 4.11. The zero-order valence-electron chi connectivity index (χ0n) is 15.9. The largest absolute Gasteiger partial charge is 0.459 e. The molecule has 0 spiro atoms. The zero-order chi connectivity index (χ0) is 19.6. The monoisotopic (exact) mass is 389 g/mol. The van der Waals surface area contributed by atoms with Crippen LogP contribution in [0.5, 0.6) is 0 Å². The Kier molecular flexibility index (Phi) is 5.75. The van der Waals surface area contributed by atoms with Crippen LogP contribution in [-0.4, -0.2) is 16.1 Å². The van der Waals surface area contributed by atoms with Crippen molar-refractivity contribution in [3.8, 4) is 0 Å². The highest BCUT2D eigenvalue weighted by atomic mass is 32.2. The summed E-state index contributed by atoms with van der Waals surface area (Å²) in [6, 6.07) is 7.92. The normalized spacial score (nSPS) is 13.5. The lowest BCUT2D eigenvalue weighted by Gasteiger charge is -2.22. The second kappa shape index (κ2) is 7.89. The minimum atomic E-state index is -0.555. The molecule has 3 rings (SSSR count). The third-order valence-corrected chi connectivity index (χ3v) is 5.45. The third kappa shape index (κ3) is 5.01. The van der Waals surface area contributed by atoms with Gasteiger partial charge in [-0.25, -0.2) is 4.39 Å². The number of hydrogen-bond donors (Lipinski definition) is 0. The average Bonchev–Trinajstić information content (AvgIpc) is 3.06. The number of pyridine rings is 1. The molecule has 0 fully saturated rings. The van der Waals surface area contributed by atoms with Crippen LogP contribution in [0.2, 0.25) is 0 Å². The van der Waals surface area contributed by atoms with Gasteiger partial charge in [-0.2, -0.15) is 0 Å². The number of carbonyl (C=O) groups is 1. The first-order valence-corrected chi connectivity index (χ1v) is 10.1. The summed E-state index contributed by atoms with van der Waals surface area (Å²) in [5.41, 5.74) is 2.18. The van der Waals surface area contributed by atoms with Gasteiger partial charge in [0.2, 0.25) is 0 Å². The van der Waals surface area contributed by atoms with Gasteiger partial charge in [-0.3, -0.25) is 9.59 Å². The van der Waals surface area contributed by atoms with Crippen LogP contribution in [0, 0.1) is 5.82 Å². The Bertz CT molecular complexity index is 897. The van der Waals surface area contributed by atoms with Crippen molar-refractivity contribution in [1.82, 2.24) is 4.57 Å². The Labute approximate surface area is 162 Å². The number of esters is 1. The number of thioether (sulfide) groups is 1. The highest BCUT2D eigenvalue weighted by Gasteiger charge is 2.24. The molecule has 0 radical (unpaired) electrons. The maximum absolute atomic E-state index is 13.1. The number of nitrogens with zero attached hydrogens (tertiary/aromatic N) is 1. The average molecular weight is 389 g/mol. The molecular formula is C21H24FNO3S. The SMILES string of the molecule is CC(C)(C)OC(=O)Cn1c(SCc2ccc(F)cc2)cc(=O)c2c1CCC2. The first-order valence-electron chi connectivity index (χ1n) is 9.07. The van der Waals surface area contributed by atoms with Crippen LogP contribution >= 0.6 is 11.8 Å². The molecule has 1 aliphatic carbocycles. The molecule has 1 aliphatic rings. The van der Waals surface area contributed by atoms with E-state index in [0.717, 1.165) is 41.1 Å². The van der Waals surface area contributed by atoms with Crippen LogP contribution in [0.3, 0.4) is 0 Å². The van der Waals surface area contributed by atoms with Crippen molar-refractivity contribution in [2.45, 2.75) is 63.0 Å². The number of halogens is 1. The molecule has 1 heterocycles. The molecule has 0 unspecified atom stereocenters. The van der Waals surface area contributed by atoms with Crippen molar-refractivity contribution in [3.05, 3.63) is 63.2 Å². The second-order valence-electron chi connectivity index (χ2n) is 7.71. The second-order valence-corrected chi connectivity index (χ2v) is 8.71. The van der Waals surface area contributed by atoms with Gasteiger partial charge in [0.15, 0.2) is 5.43 Å². The van der Waals surface area contributed by atoms with Crippen molar-refractivity contribution in [1.29, 1.82) is 0 Å². The number of aromatic nitrogens is 1. The van der Waals surface area contributed by atoms with Gasteiger partial charge < -0.3 is 9.30 Å². The van der Waals surface area contributed by atoms with E-state index in [0.29, 0.717) is 5.75 Å². The fourth-order valence-corrected chi connectivity index (χ4v) is 4.26. The fourth-order valence-electron chi connectivity index (χ4n) is 3.23. The first kappa shape index (κ1) is 19.7. The smallest absolute Gasteiger partial charge is 0.326 e. The van der Waals surface area contributed by atoms with Gasteiger partial charge in [-0.05, 0) is 57.7 Å². The molecule has 144 valence electrons. The summed E-state index contributed by atoms with van der Waals surface area (Å²) in [6.45, 7) is 5.60. The van der Waals surface area contributed by atoms with Crippen molar-refractivity contribution in [3.63, 3.8) is 0 Å². The molecule has 0 amide bonds. The van der Waals surface area contributed by atoms with E-state index in [4.69, 9.17) is 4.74 Å². The summed E-state index contributed by atoms with van der Waals surface area (Å²) in [4.78, 5) is 24.9. The van der Waals surface area contributed by atoms with Gasteiger partial charge in [0.25, 0.3) is 0 Å². The summed E-state index contributed by atoms with van der Waals surface area (Å²) < 4.78 is 20.5. The fraction of sp³-hybridized carbons (Fsp3) is 0.429. The van der Waals surface area contributed by atoms with Crippen molar-refractivity contribution >= 4 is 17.7 Å². The molecule has 0 bridgehead atoms. The topological polar surface area (TPSA) is 48.3 Å². The van der Waals surface area contributed by atoms with E-state index in [9.17, 15) is 14.0 Å². The van der Waals surface area contributed by atoms with Crippen molar-refractivity contribution < 1.29 is 13.9 Å². The van der Waals surface area contributed by atoms with Crippen LogP contribution in [0.1, 0.15) is 44.0 Å². The first-order chi connectivity index (χ1) is 12.7.